The Morgan fingerprint density at radius 3 is 2.58 bits per heavy atom. The van der Waals surface area contributed by atoms with Gasteiger partial charge in [0, 0.05) is 6.54 Å². The van der Waals surface area contributed by atoms with E-state index in [9.17, 15) is 4.79 Å². The van der Waals surface area contributed by atoms with Crippen molar-refractivity contribution in [1.82, 2.24) is 5.32 Å². The molecule has 1 aromatic rings. The largest absolute Gasteiger partial charge is 0.496 e. The van der Waals surface area contributed by atoms with Gasteiger partial charge in [-0.05, 0) is 48.6 Å². The first-order valence-corrected chi connectivity index (χ1v) is 6.57. The minimum Gasteiger partial charge on any atom is -0.496 e. The summed E-state index contributed by atoms with van der Waals surface area (Å²) in [6, 6.07) is 4.10. The third kappa shape index (κ3) is 4.16. The lowest BCUT2D eigenvalue weighted by Crippen LogP contribution is -2.24. The Morgan fingerprint density at radius 1 is 1.37 bits per heavy atom. The topological polar surface area (TPSA) is 47.6 Å². The molecule has 4 nitrogen and oxygen atoms in total. The van der Waals surface area contributed by atoms with Crippen LogP contribution in [-0.4, -0.2) is 19.8 Å². The van der Waals surface area contributed by atoms with Crippen LogP contribution in [0.25, 0.3) is 0 Å². The van der Waals surface area contributed by atoms with Gasteiger partial charge >= 0.3 is 6.09 Å². The van der Waals surface area contributed by atoms with E-state index in [1.807, 2.05) is 13.0 Å². The maximum Gasteiger partial charge on any atom is 0.407 e. The summed E-state index contributed by atoms with van der Waals surface area (Å²) in [6.45, 7) is 8.88. The van der Waals surface area contributed by atoms with Crippen molar-refractivity contribution in [2.75, 3.05) is 13.7 Å². The highest BCUT2D eigenvalue weighted by atomic mass is 16.5. The fourth-order valence-electron chi connectivity index (χ4n) is 1.91. The Kier molecular flexibility index (Phi) is 5.67. The SMILES string of the molecule is CCOC(=O)NCc1cc(C(C)C)c(OC)cc1C. The molecule has 0 aromatic heterocycles. The maximum atomic E-state index is 11.3. The van der Waals surface area contributed by atoms with Crippen LogP contribution < -0.4 is 10.1 Å². The predicted octanol–water partition coefficient (Wildman–Crippen LogP) is 3.37. The second-order valence-corrected chi connectivity index (χ2v) is 4.75. The number of ether oxygens (including phenoxy) is 2. The molecule has 0 saturated carbocycles. The Morgan fingerprint density at radius 2 is 2.05 bits per heavy atom. The summed E-state index contributed by atoms with van der Waals surface area (Å²) in [5, 5.41) is 2.74. The third-order valence-corrected chi connectivity index (χ3v) is 3.01. The number of nitrogens with one attached hydrogen (secondary N) is 1. The Labute approximate surface area is 115 Å². The number of carbonyl (C=O) groups excluding carboxylic acids is 1. The molecule has 19 heavy (non-hydrogen) atoms. The fourth-order valence-corrected chi connectivity index (χ4v) is 1.91. The lowest BCUT2D eigenvalue weighted by atomic mass is 9.96. The average molecular weight is 265 g/mol. The highest BCUT2D eigenvalue weighted by Gasteiger charge is 2.11. The van der Waals surface area contributed by atoms with Gasteiger partial charge in [-0.2, -0.15) is 0 Å². The number of hydrogen-bond donors (Lipinski definition) is 1. The predicted molar refractivity (Wildman–Crippen MR) is 75.7 cm³/mol. The van der Waals surface area contributed by atoms with E-state index >= 15 is 0 Å². The molecule has 0 spiro atoms. The Balaban J connectivity index is 2.89. The number of alkyl carbamates (subject to hydrolysis) is 1. The van der Waals surface area contributed by atoms with E-state index in [1.165, 1.54) is 0 Å². The Hall–Kier alpha value is -1.71. The number of benzene rings is 1. The molecule has 0 aliphatic carbocycles. The quantitative estimate of drug-likeness (QED) is 0.888. The molecule has 0 atom stereocenters. The molecule has 0 heterocycles. The highest BCUT2D eigenvalue weighted by molar-refractivity contribution is 5.67. The lowest BCUT2D eigenvalue weighted by Gasteiger charge is -2.16. The zero-order chi connectivity index (χ0) is 14.4. The minimum atomic E-state index is -0.385. The first-order chi connectivity index (χ1) is 8.99. The normalized spacial score (nSPS) is 10.4. The van der Waals surface area contributed by atoms with Gasteiger partial charge in [-0.3, -0.25) is 0 Å². The van der Waals surface area contributed by atoms with Gasteiger partial charge < -0.3 is 14.8 Å². The van der Waals surface area contributed by atoms with Gasteiger partial charge in [-0.25, -0.2) is 4.79 Å². The van der Waals surface area contributed by atoms with Gasteiger partial charge in [0.25, 0.3) is 0 Å². The summed E-state index contributed by atoms with van der Waals surface area (Å²) in [6.07, 6.45) is -0.385. The lowest BCUT2D eigenvalue weighted by molar-refractivity contribution is 0.151. The molecule has 1 rings (SSSR count). The van der Waals surface area contributed by atoms with E-state index in [1.54, 1.807) is 14.0 Å². The zero-order valence-electron chi connectivity index (χ0n) is 12.4. The summed E-state index contributed by atoms with van der Waals surface area (Å²) in [7, 11) is 1.68. The average Bonchev–Trinajstić information content (AvgIpc) is 2.36. The molecule has 1 amide bonds. The van der Waals surface area contributed by atoms with Gasteiger partial charge in [0.05, 0.1) is 13.7 Å². The van der Waals surface area contributed by atoms with Gasteiger partial charge in [-0.1, -0.05) is 13.8 Å². The fraction of sp³-hybridized carbons (Fsp3) is 0.533. The number of methoxy groups -OCH3 is 1. The van der Waals surface area contributed by atoms with Crippen LogP contribution in [0, 0.1) is 6.92 Å². The molecule has 0 saturated heterocycles. The van der Waals surface area contributed by atoms with Crippen LogP contribution >= 0.6 is 0 Å². The second-order valence-electron chi connectivity index (χ2n) is 4.75. The Bertz CT molecular complexity index is 441. The summed E-state index contributed by atoms with van der Waals surface area (Å²) >= 11 is 0. The second kappa shape index (κ2) is 7.02. The van der Waals surface area contributed by atoms with Crippen molar-refractivity contribution < 1.29 is 14.3 Å². The molecule has 0 aliphatic rings. The maximum absolute atomic E-state index is 11.3. The van der Waals surface area contributed by atoms with E-state index in [0.717, 1.165) is 22.4 Å². The first-order valence-electron chi connectivity index (χ1n) is 6.57. The summed E-state index contributed by atoms with van der Waals surface area (Å²) in [5.41, 5.74) is 3.32. The van der Waals surface area contributed by atoms with Crippen LogP contribution in [-0.2, 0) is 11.3 Å². The van der Waals surface area contributed by atoms with Crippen molar-refractivity contribution in [2.45, 2.75) is 40.2 Å². The molecule has 1 aromatic carbocycles. The van der Waals surface area contributed by atoms with Crippen LogP contribution in [0.1, 0.15) is 43.4 Å². The van der Waals surface area contributed by atoms with Crippen LogP contribution in [0.2, 0.25) is 0 Å². The van der Waals surface area contributed by atoms with E-state index in [-0.39, 0.29) is 6.09 Å². The first kappa shape index (κ1) is 15.3. The van der Waals surface area contributed by atoms with E-state index in [4.69, 9.17) is 9.47 Å². The van der Waals surface area contributed by atoms with Crippen LogP contribution in [0.3, 0.4) is 0 Å². The van der Waals surface area contributed by atoms with Crippen molar-refractivity contribution in [1.29, 1.82) is 0 Å². The monoisotopic (exact) mass is 265 g/mol. The number of aryl methyl sites for hydroxylation is 1. The number of rotatable bonds is 5. The third-order valence-electron chi connectivity index (χ3n) is 3.01. The molecule has 0 aliphatic heterocycles. The van der Waals surface area contributed by atoms with Crippen molar-refractivity contribution >= 4 is 6.09 Å². The van der Waals surface area contributed by atoms with E-state index < -0.39 is 0 Å². The van der Waals surface area contributed by atoms with Crippen molar-refractivity contribution in [2.24, 2.45) is 0 Å². The summed E-state index contributed by atoms with van der Waals surface area (Å²) in [4.78, 5) is 11.3. The number of carbonyl (C=O) groups is 1. The van der Waals surface area contributed by atoms with Gasteiger partial charge in [-0.15, -0.1) is 0 Å². The molecule has 0 fully saturated rings. The number of hydrogen-bond acceptors (Lipinski definition) is 3. The highest BCUT2D eigenvalue weighted by Crippen LogP contribution is 2.29. The number of amides is 1. The van der Waals surface area contributed by atoms with E-state index in [2.05, 4.69) is 25.2 Å². The molecule has 4 heteroatoms. The molecule has 0 unspecified atom stereocenters. The summed E-state index contributed by atoms with van der Waals surface area (Å²) < 4.78 is 10.2. The van der Waals surface area contributed by atoms with Crippen LogP contribution in [0.15, 0.2) is 12.1 Å². The van der Waals surface area contributed by atoms with Crippen LogP contribution in [0.5, 0.6) is 5.75 Å². The minimum absolute atomic E-state index is 0.372. The van der Waals surface area contributed by atoms with E-state index in [0.29, 0.717) is 19.1 Å². The van der Waals surface area contributed by atoms with Gasteiger partial charge in [0.1, 0.15) is 5.75 Å². The summed E-state index contributed by atoms with van der Waals surface area (Å²) in [5.74, 6) is 1.27. The smallest absolute Gasteiger partial charge is 0.407 e. The molecule has 0 radical (unpaired) electrons. The van der Waals surface area contributed by atoms with Crippen molar-refractivity contribution in [3.8, 4) is 5.75 Å². The molecular weight excluding hydrogens is 242 g/mol. The van der Waals surface area contributed by atoms with Crippen molar-refractivity contribution in [3.05, 3.63) is 28.8 Å². The molecule has 106 valence electrons. The van der Waals surface area contributed by atoms with Crippen molar-refractivity contribution in [3.63, 3.8) is 0 Å². The molecule has 1 N–H and O–H groups in total. The zero-order valence-corrected chi connectivity index (χ0v) is 12.4. The molecule has 0 bridgehead atoms. The molecular formula is C15H23NO3. The van der Waals surface area contributed by atoms with Gasteiger partial charge in [0.15, 0.2) is 0 Å². The van der Waals surface area contributed by atoms with Gasteiger partial charge in [0.2, 0.25) is 0 Å². The standard InChI is InChI=1S/C15H23NO3/c1-6-19-15(17)16-9-12-8-13(10(2)3)14(18-5)7-11(12)4/h7-8,10H,6,9H2,1-5H3,(H,16,17). The van der Waals surface area contributed by atoms with Crippen LogP contribution in [0.4, 0.5) is 4.79 Å².